The maximum atomic E-state index is 10.7. The van der Waals surface area contributed by atoms with Gasteiger partial charge in [0.05, 0.1) is 9.95 Å². The van der Waals surface area contributed by atoms with Gasteiger partial charge in [0.1, 0.15) is 22.9 Å². The average Bonchev–Trinajstić information content (AvgIpc) is 2.54. The summed E-state index contributed by atoms with van der Waals surface area (Å²) < 4.78 is 0. The Morgan fingerprint density at radius 1 is 1.00 bits per heavy atom. The first-order chi connectivity index (χ1) is 11.5. The summed E-state index contributed by atoms with van der Waals surface area (Å²) in [6, 6.07) is 11.6. The van der Waals surface area contributed by atoms with Crippen molar-refractivity contribution in [3.63, 3.8) is 0 Å². The quantitative estimate of drug-likeness (QED) is 0.385. The molecule has 3 aromatic carbocycles. The van der Waals surface area contributed by atoms with Crippen LogP contribution in [-0.2, 0) is 0 Å². The summed E-state index contributed by atoms with van der Waals surface area (Å²) in [7, 11) is 0. The van der Waals surface area contributed by atoms with Crippen molar-refractivity contribution in [3.8, 4) is 11.5 Å². The third-order valence-electron chi connectivity index (χ3n) is 3.36. The van der Waals surface area contributed by atoms with E-state index in [-0.39, 0.29) is 33.6 Å². The number of nitrogens with zero attached hydrogens (tertiary/aromatic N) is 3. The van der Waals surface area contributed by atoms with E-state index in [9.17, 15) is 20.3 Å². The van der Waals surface area contributed by atoms with E-state index in [4.69, 9.17) is 11.6 Å². The third-order valence-corrected chi connectivity index (χ3v) is 3.66. The fraction of sp³-hybridized carbons (Fsp3) is 0. The summed E-state index contributed by atoms with van der Waals surface area (Å²) in [6.45, 7) is 0. The van der Waals surface area contributed by atoms with Crippen LogP contribution in [0.2, 0.25) is 5.02 Å². The Bertz CT molecular complexity index is 983. The molecule has 0 unspecified atom stereocenters. The monoisotopic (exact) mass is 343 g/mol. The summed E-state index contributed by atoms with van der Waals surface area (Å²) in [5.41, 5.74) is 0.230. The fourth-order valence-electron chi connectivity index (χ4n) is 2.18. The van der Waals surface area contributed by atoms with Gasteiger partial charge in [0.25, 0.3) is 5.69 Å². The zero-order chi connectivity index (χ0) is 17.3. The topological polar surface area (TPSA) is 108 Å². The summed E-state index contributed by atoms with van der Waals surface area (Å²) in [5.74, 6) is -0.0900. The molecule has 0 heterocycles. The smallest absolute Gasteiger partial charge is 0.271 e. The molecular weight excluding hydrogens is 334 g/mol. The number of halogens is 1. The predicted octanol–water partition coefficient (Wildman–Crippen LogP) is 5.23. The lowest BCUT2D eigenvalue weighted by atomic mass is 10.1. The third kappa shape index (κ3) is 2.97. The molecule has 2 N–H and O–H groups in total. The number of phenols is 2. The number of nitro groups is 1. The van der Waals surface area contributed by atoms with Crippen LogP contribution in [0.3, 0.4) is 0 Å². The molecule has 0 bridgehead atoms. The molecule has 0 atom stereocenters. The molecule has 7 nitrogen and oxygen atoms in total. The molecule has 0 fully saturated rings. The van der Waals surface area contributed by atoms with Gasteiger partial charge in [0, 0.05) is 17.5 Å². The predicted molar refractivity (Wildman–Crippen MR) is 89.6 cm³/mol. The molecule has 0 aliphatic carbocycles. The van der Waals surface area contributed by atoms with Crippen molar-refractivity contribution in [1.82, 2.24) is 0 Å². The molecule has 8 heteroatoms. The Morgan fingerprint density at radius 2 is 1.75 bits per heavy atom. The Balaban J connectivity index is 2.06. The van der Waals surface area contributed by atoms with Gasteiger partial charge in [0.2, 0.25) is 0 Å². The van der Waals surface area contributed by atoms with Crippen LogP contribution in [-0.4, -0.2) is 15.1 Å². The average molecular weight is 344 g/mol. The van der Waals surface area contributed by atoms with Crippen LogP contribution < -0.4 is 0 Å². The van der Waals surface area contributed by atoms with Crippen LogP contribution in [0, 0.1) is 10.1 Å². The number of benzene rings is 3. The van der Waals surface area contributed by atoms with Crippen LogP contribution in [0.25, 0.3) is 10.8 Å². The van der Waals surface area contributed by atoms with Crippen molar-refractivity contribution in [3.05, 3.63) is 63.7 Å². The molecule has 0 spiro atoms. The second kappa shape index (κ2) is 6.13. The summed E-state index contributed by atoms with van der Waals surface area (Å²) in [6.07, 6.45) is 0. The number of hydrogen-bond acceptors (Lipinski definition) is 6. The second-order valence-corrected chi connectivity index (χ2v) is 5.34. The van der Waals surface area contributed by atoms with E-state index in [2.05, 4.69) is 10.2 Å². The van der Waals surface area contributed by atoms with E-state index in [1.165, 1.54) is 36.4 Å². The lowest BCUT2D eigenvalue weighted by Crippen LogP contribution is -1.86. The van der Waals surface area contributed by atoms with Crippen molar-refractivity contribution in [2.24, 2.45) is 10.2 Å². The minimum atomic E-state index is -0.563. The first kappa shape index (κ1) is 15.7. The molecule has 0 aliphatic heterocycles. The highest BCUT2D eigenvalue weighted by Crippen LogP contribution is 2.38. The molecule has 0 aromatic heterocycles. The lowest BCUT2D eigenvalue weighted by molar-refractivity contribution is -0.384. The zero-order valence-corrected chi connectivity index (χ0v) is 12.8. The van der Waals surface area contributed by atoms with E-state index < -0.39 is 4.92 Å². The van der Waals surface area contributed by atoms with Gasteiger partial charge in [-0.15, -0.1) is 10.2 Å². The van der Waals surface area contributed by atoms with Crippen molar-refractivity contribution in [2.75, 3.05) is 0 Å². The van der Waals surface area contributed by atoms with Gasteiger partial charge in [-0.2, -0.15) is 0 Å². The van der Waals surface area contributed by atoms with Gasteiger partial charge in [-0.05, 0) is 29.7 Å². The van der Waals surface area contributed by atoms with Gasteiger partial charge >= 0.3 is 0 Å². The molecule has 0 saturated carbocycles. The maximum absolute atomic E-state index is 10.7. The van der Waals surface area contributed by atoms with Crippen LogP contribution in [0.5, 0.6) is 11.5 Å². The summed E-state index contributed by atoms with van der Waals surface area (Å²) in [4.78, 5) is 10.1. The van der Waals surface area contributed by atoms with E-state index >= 15 is 0 Å². The standard InChI is InChI=1S/C16H10ClN3O4/c17-13-7-10(20(23)24)3-5-14(13)18-19-16-12-8-11(21)4-1-9(12)2-6-15(16)22/h1-8,21-22H. The fourth-order valence-corrected chi connectivity index (χ4v) is 2.39. The number of non-ortho nitro benzene ring substituents is 1. The molecule has 3 rings (SSSR count). The number of aromatic hydroxyl groups is 2. The molecule has 120 valence electrons. The molecule has 0 radical (unpaired) electrons. The minimum absolute atomic E-state index is 0.0259. The molecule has 24 heavy (non-hydrogen) atoms. The normalized spacial score (nSPS) is 11.2. The lowest BCUT2D eigenvalue weighted by Gasteiger charge is -2.05. The number of azo groups is 1. The van der Waals surface area contributed by atoms with E-state index in [0.29, 0.717) is 5.39 Å². The van der Waals surface area contributed by atoms with Crippen molar-refractivity contribution in [1.29, 1.82) is 0 Å². The molecule has 3 aromatic rings. The van der Waals surface area contributed by atoms with E-state index in [1.54, 1.807) is 12.1 Å². The first-order valence-electron chi connectivity index (χ1n) is 6.76. The molecule has 0 saturated heterocycles. The highest BCUT2D eigenvalue weighted by molar-refractivity contribution is 6.33. The van der Waals surface area contributed by atoms with Gasteiger partial charge in [-0.3, -0.25) is 10.1 Å². The van der Waals surface area contributed by atoms with E-state index in [0.717, 1.165) is 5.39 Å². The van der Waals surface area contributed by atoms with E-state index in [1.807, 2.05) is 0 Å². The van der Waals surface area contributed by atoms with Gasteiger partial charge in [-0.25, -0.2) is 0 Å². The molecule has 0 amide bonds. The highest BCUT2D eigenvalue weighted by atomic mass is 35.5. The molecule has 0 aliphatic rings. The summed E-state index contributed by atoms with van der Waals surface area (Å²) >= 11 is 5.96. The van der Waals surface area contributed by atoms with Crippen molar-refractivity contribution >= 4 is 39.4 Å². The Hall–Kier alpha value is -3.19. The minimum Gasteiger partial charge on any atom is -0.508 e. The van der Waals surface area contributed by atoms with Crippen LogP contribution >= 0.6 is 11.6 Å². The highest BCUT2D eigenvalue weighted by Gasteiger charge is 2.11. The van der Waals surface area contributed by atoms with Gasteiger partial charge in [-0.1, -0.05) is 23.7 Å². The Labute approximate surface area is 140 Å². The first-order valence-corrected chi connectivity index (χ1v) is 7.14. The van der Waals surface area contributed by atoms with Crippen molar-refractivity contribution in [2.45, 2.75) is 0 Å². The van der Waals surface area contributed by atoms with Gasteiger partial charge in [0.15, 0.2) is 0 Å². The largest absolute Gasteiger partial charge is 0.508 e. The van der Waals surface area contributed by atoms with Crippen LogP contribution in [0.4, 0.5) is 17.1 Å². The van der Waals surface area contributed by atoms with Gasteiger partial charge < -0.3 is 10.2 Å². The molecular formula is C16H10ClN3O4. The number of rotatable bonds is 3. The van der Waals surface area contributed by atoms with Crippen molar-refractivity contribution < 1.29 is 15.1 Å². The zero-order valence-electron chi connectivity index (χ0n) is 12.0. The maximum Gasteiger partial charge on any atom is 0.271 e. The second-order valence-electron chi connectivity index (χ2n) is 4.93. The van der Waals surface area contributed by atoms with Crippen LogP contribution in [0.15, 0.2) is 58.8 Å². The Kier molecular flexibility index (Phi) is 4.01. The number of nitro benzene ring substituents is 1. The summed E-state index contributed by atoms with van der Waals surface area (Å²) in [5, 5.41) is 39.6. The number of fused-ring (bicyclic) bond motifs is 1. The number of phenolic OH excluding ortho intramolecular Hbond substituents is 2. The SMILES string of the molecule is O=[N+]([O-])c1ccc(N=Nc2c(O)ccc3ccc(O)cc23)c(Cl)c1. The number of hydrogen-bond donors (Lipinski definition) is 2. The van der Waals surface area contributed by atoms with Crippen LogP contribution in [0.1, 0.15) is 0 Å². The Morgan fingerprint density at radius 3 is 2.46 bits per heavy atom.